The normalized spacial score (nSPS) is 35.6. The first-order chi connectivity index (χ1) is 7.39. The molecule has 0 amide bonds. The predicted octanol–water partition coefficient (Wildman–Crippen LogP) is 3.48. The number of aliphatic hydroxyl groups is 1. The molecule has 1 N–H and O–H groups in total. The van der Waals surface area contributed by atoms with Crippen molar-refractivity contribution in [1.82, 2.24) is 0 Å². The number of fused-ring (bicyclic) bond motifs is 3. The van der Waals surface area contributed by atoms with E-state index in [2.05, 4.69) is 20.8 Å². The van der Waals surface area contributed by atoms with Crippen LogP contribution in [-0.2, 0) is 4.79 Å². The molecule has 16 heavy (non-hydrogen) atoms. The zero-order valence-electron chi connectivity index (χ0n) is 10.5. The summed E-state index contributed by atoms with van der Waals surface area (Å²) >= 11 is 0. The molecule has 2 rings (SSSR count). The smallest absolute Gasteiger partial charge is 0.143 e. The van der Waals surface area contributed by atoms with E-state index in [1.165, 1.54) is 0 Å². The molecule has 0 aliphatic heterocycles. The standard InChI is InChI=1S/C14H22O2/c1-14(2,3)11-8-13(16)10-6-4-5-9(11)7-12(10)15/h8-11,16H,4-7H2,1-3H3/t9?,10?,11-/m0/s1. The molecule has 0 aromatic carbocycles. The summed E-state index contributed by atoms with van der Waals surface area (Å²) in [4.78, 5) is 12.0. The van der Waals surface area contributed by atoms with Crippen molar-refractivity contribution in [2.45, 2.75) is 46.5 Å². The molecule has 1 fully saturated rings. The van der Waals surface area contributed by atoms with Gasteiger partial charge in [0.05, 0.1) is 11.7 Å². The zero-order chi connectivity index (χ0) is 11.9. The van der Waals surface area contributed by atoms with Gasteiger partial charge in [-0.3, -0.25) is 4.79 Å². The maximum absolute atomic E-state index is 12.0. The van der Waals surface area contributed by atoms with E-state index in [1.54, 1.807) is 0 Å². The van der Waals surface area contributed by atoms with Crippen LogP contribution in [0.1, 0.15) is 46.5 Å². The van der Waals surface area contributed by atoms with Crippen LogP contribution in [-0.4, -0.2) is 10.9 Å². The lowest BCUT2D eigenvalue weighted by molar-refractivity contribution is -0.123. The van der Waals surface area contributed by atoms with E-state index < -0.39 is 0 Å². The largest absolute Gasteiger partial charge is 0.512 e. The molecule has 2 aliphatic carbocycles. The maximum Gasteiger partial charge on any atom is 0.143 e. The number of Topliss-reactive ketones (excluding diaryl/α,β-unsaturated/α-hetero) is 1. The number of allylic oxidation sites excluding steroid dienone is 2. The highest BCUT2D eigenvalue weighted by Crippen LogP contribution is 2.44. The van der Waals surface area contributed by atoms with Gasteiger partial charge >= 0.3 is 0 Å². The number of ketones is 1. The fourth-order valence-electron chi connectivity index (χ4n) is 3.26. The minimum absolute atomic E-state index is 0.130. The van der Waals surface area contributed by atoms with Crippen LogP contribution in [0, 0.1) is 23.2 Å². The zero-order valence-corrected chi connectivity index (χ0v) is 10.5. The highest BCUT2D eigenvalue weighted by Gasteiger charge is 2.40. The average molecular weight is 222 g/mol. The van der Waals surface area contributed by atoms with Crippen LogP contribution in [0.4, 0.5) is 0 Å². The van der Waals surface area contributed by atoms with Gasteiger partial charge in [0.2, 0.25) is 0 Å². The van der Waals surface area contributed by atoms with Gasteiger partial charge in [0.15, 0.2) is 0 Å². The minimum Gasteiger partial charge on any atom is -0.512 e. The van der Waals surface area contributed by atoms with E-state index in [4.69, 9.17) is 0 Å². The average Bonchev–Trinajstić information content (AvgIpc) is 2.37. The molecular weight excluding hydrogens is 200 g/mol. The highest BCUT2D eigenvalue weighted by atomic mass is 16.3. The molecule has 2 nitrogen and oxygen atoms in total. The Morgan fingerprint density at radius 1 is 1.31 bits per heavy atom. The second-order valence-electron chi connectivity index (χ2n) is 6.40. The van der Waals surface area contributed by atoms with Crippen LogP contribution in [0.2, 0.25) is 0 Å². The van der Waals surface area contributed by atoms with Gasteiger partial charge in [0.25, 0.3) is 0 Å². The van der Waals surface area contributed by atoms with Crippen LogP contribution >= 0.6 is 0 Å². The molecule has 0 aromatic rings. The molecule has 3 atom stereocenters. The Bertz CT molecular complexity index is 322. The van der Waals surface area contributed by atoms with Gasteiger partial charge in [-0.15, -0.1) is 0 Å². The van der Waals surface area contributed by atoms with Gasteiger partial charge < -0.3 is 5.11 Å². The SMILES string of the molecule is CC(C)(C)[C@H]1C=C(O)C2CCCC1CC2=O. The second-order valence-corrected chi connectivity index (χ2v) is 6.40. The van der Waals surface area contributed by atoms with Crippen molar-refractivity contribution in [2.75, 3.05) is 0 Å². The van der Waals surface area contributed by atoms with Gasteiger partial charge in [-0.1, -0.05) is 27.2 Å². The first-order valence-electron chi connectivity index (χ1n) is 6.33. The quantitative estimate of drug-likeness (QED) is 0.681. The van der Waals surface area contributed by atoms with Gasteiger partial charge in [-0.05, 0) is 36.2 Å². The summed E-state index contributed by atoms with van der Waals surface area (Å²) in [7, 11) is 0. The lowest BCUT2D eigenvalue weighted by atomic mass is 9.70. The van der Waals surface area contributed by atoms with Crippen LogP contribution in [0.5, 0.6) is 0 Å². The maximum atomic E-state index is 12.0. The van der Waals surface area contributed by atoms with Crippen molar-refractivity contribution in [1.29, 1.82) is 0 Å². The van der Waals surface area contributed by atoms with E-state index in [-0.39, 0.29) is 17.1 Å². The number of aliphatic hydroxyl groups excluding tert-OH is 1. The molecule has 0 saturated heterocycles. The lowest BCUT2D eigenvalue weighted by Gasteiger charge is -2.34. The summed E-state index contributed by atoms with van der Waals surface area (Å²) < 4.78 is 0. The third-order valence-electron chi connectivity index (χ3n) is 4.13. The van der Waals surface area contributed by atoms with Gasteiger partial charge in [0, 0.05) is 6.42 Å². The molecular formula is C14H22O2. The van der Waals surface area contributed by atoms with Gasteiger partial charge in [-0.2, -0.15) is 0 Å². The Kier molecular flexibility index (Phi) is 2.85. The van der Waals surface area contributed by atoms with E-state index in [1.807, 2.05) is 6.08 Å². The van der Waals surface area contributed by atoms with Gasteiger partial charge in [0.1, 0.15) is 5.78 Å². The van der Waals surface area contributed by atoms with Crippen LogP contribution in [0.3, 0.4) is 0 Å². The molecule has 2 heteroatoms. The Balaban J connectivity index is 2.39. The summed E-state index contributed by atoms with van der Waals surface area (Å²) in [6.07, 6.45) is 5.68. The molecule has 0 radical (unpaired) electrons. The summed E-state index contributed by atoms with van der Waals surface area (Å²) in [5.74, 6) is 1.16. The molecule has 0 aromatic heterocycles. The second kappa shape index (κ2) is 3.90. The molecule has 0 heterocycles. The van der Waals surface area contributed by atoms with E-state index in [0.717, 1.165) is 19.3 Å². The summed E-state index contributed by atoms with van der Waals surface area (Å²) in [5, 5.41) is 10.0. The number of carbonyl (C=O) groups is 1. The van der Waals surface area contributed by atoms with E-state index >= 15 is 0 Å². The Hall–Kier alpha value is -0.790. The summed E-state index contributed by atoms with van der Waals surface area (Å²) in [6.45, 7) is 6.59. The monoisotopic (exact) mass is 222 g/mol. The van der Waals surface area contributed by atoms with Crippen molar-refractivity contribution in [2.24, 2.45) is 23.2 Å². The predicted molar refractivity (Wildman–Crippen MR) is 64.1 cm³/mol. The van der Waals surface area contributed by atoms with Crippen LogP contribution < -0.4 is 0 Å². The lowest BCUT2D eigenvalue weighted by Crippen LogP contribution is -2.27. The molecule has 2 aliphatic rings. The first-order valence-corrected chi connectivity index (χ1v) is 6.33. The van der Waals surface area contributed by atoms with Gasteiger partial charge in [-0.25, -0.2) is 0 Å². The summed E-state index contributed by atoms with van der Waals surface area (Å²) in [6, 6.07) is 0. The molecule has 0 spiro atoms. The molecule has 1 saturated carbocycles. The third kappa shape index (κ3) is 2.02. The van der Waals surface area contributed by atoms with E-state index in [0.29, 0.717) is 24.0 Å². The Labute approximate surface area is 97.7 Å². The van der Waals surface area contributed by atoms with Crippen molar-refractivity contribution >= 4 is 5.78 Å². The number of carbonyl (C=O) groups excluding carboxylic acids is 1. The summed E-state index contributed by atoms with van der Waals surface area (Å²) in [5.41, 5.74) is 0.130. The van der Waals surface area contributed by atoms with E-state index in [9.17, 15) is 9.90 Å². The number of hydrogen-bond acceptors (Lipinski definition) is 2. The number of rotatable bonds is 0. The van der Waals surface area contributed by atoms with Crippen LogP contribution in [0.15, 0.2) is 11.8 Å². The Morgan fingerprint density at radius 3 is 2.62 bits per heavy atom. The van der Waals surface area contributed by atoms with Crippen molar-refractivity contribution in [3.8, 4) is 0 Å². The molecule has 90 valence electrons. The fraction of sp³-hybridized carbons (Fsp3) is 0.786. The highest BCUT2D eigenvalue weighted by molar-refractivity contribution is 5.84. The third-order valence-corrected chi connectivity index (χ3v) is 4.13. The topological polar surface area (TPSA) is 37.3 Å². The van der Waals surface area contributed by atoms with Crippen LogP contribution in [0.25, 0.3) is 0 Å². The van der Waals surface area contributed by atoms with Crippen molar-refractivity contribution < 1.29 is 9.90 Å². The fourth-order valence-corrected chi connectivity index (χ4v) is 3.26. The number of hydrogen-bond donors (Lipinski definition) is 1. The first kappa shape index (κ1) is 11.7. The Morgan fingerprint density at radius 2 is 2.00 bits per heavy atom. The van der Waals surface area contributed by atoms with Crippen molar-refractivity contribution in [3.63, 3.8) is 0 Å². The molecule has 2 unspecified atom stereocenters. The molecule has 2 bridgehead atoms. The van der Waals surface area contributed by atoms with Crippen molar-refractivity contribution in [3.05, 3.63) is 11.8 Å². The minimum atomic E-state index is -0.197.